The van der Waals surface area contributed by atoms with Crippen LogP contribution < -0.4 is 0 Å². The smallest absolute Gasteiger partial charge is 0.205 e. The van der Waals surface area contributed by atoms with Crippen molar-refractivity contribution >= 4 is 15.9 Å². The van der Waals surface area contributed by atoms with E-state index in [9.17, 15) is 13.5 Å². The SMILES string of the molecule is Cc1ccc(/C=C(\CO)S(=O)(=O)c2ccccc2)cc1. The van der Waals surface area contributed by atoms with Crippen molar-refractivity contribution in [2.75, 3.05) is 6.61 Å². The van der Waals surface area contributed by atoms with Gasteiger partial charge in [0.1, 0.15) is 0 Å². The van der Waals surface area contributed by atoms with E-state index in [-0.39, 0.29) is 9.80 Å². The molecule has 2 aromatic carbocycles. The second kappa shape index (κ2) is 6.03. The molecule has 0 atom stereocenters. The zero-order chi connectivity index (χ0) is 14.6. The molecule has 0 spiro atoms. The molecule has 4 heteroatoms. The van der Waals surface area contributed by atoms with Crippen LogP contribution in [0.4, 0.5) is 0 Å². The summed E-state index contributed by atoms with van der Waals surface area (Å²) >= 11 is 0. The Hall–Kier alpha value is -1.91. The van der Waals surface area contributed by atoms with Crippen molar-refractivity contribution in [3.63, 3.8) is 0 Å². The second-order valence-electron chi connectivity index (χ2n) is 4.50. The van der Waals surface area contributed by atoms with Crippen LogP contribution in [0.15, 0.2) is 64.4 Å². The summed E-state index contributed by atoms with van der Waals surface area (Å²) in [5.74, 6) is 0. The molecule has 0 amide bonds. The second-order valence-corrected chi connectivity index (χ2v) is 6.50. The highest BCUT2D eigenvalue weighted by Crippen LogP contribution is 2.21. The molecule has 0 fully saturated rings. The highest BCUT2D eigenvalue weighted by Gasteiger charge is 2.19. The van der Waals surface area contributed by atoms with E-state index < -0.39 is 16.4 Å². The van der Waals surface area contributed by atoms with E-state index in [4.69, 9.17) is 0 Å². The molecule has 0 bridgehead atoms. The van der Waals surface area contributed by atoms with Crippen LogP contribution in [0, 0.1) is 6.92 Å². The van der Waals surface area contributed by atoms with Gasteiger partial charge in [0.15, 0.2) is 0 Å². The van der Waals surface area contributed by atoms with Gasteiger partial charge < -0.3 is 5.11 Å². The number of aliphatic hydroxyl groups excluding tert-OH is 1. The van der Waals surface area contributed by atoms with Crippen molar-refractivity contribution in [1.29, 1.82) is 0 Å². The lowest BCUT2D eigenvalue weighted by atomic mass is 10.1. The first-order valence-electron chi connectivity index (χ1n) is 6.22. The molecule has 2 rings (SSSR count). The molecule has 0 aromatic heterocycles. The van der Waals surface area contributed by atoms with E-state index in [0.29, 0.717) is 0 Å². The van der Waals surface area contributed by atoms with Crippen LogP contribution in [-0.2, 0) is 9.84 Å². The molecular formula is C16H16O3S. The maximum absolute atomic E-state index is 12.4. The molecule has 0 aliphatic heterocycles. The molecule has 0 heterocycles. The molecule has 3 nitrogen and oxygen atoms in total. The third-order valence-corrected chi connectivity index (χ3v) is 4.79. The summed E-state index contributed by atoms with van der Waals surface area (Å²) in [5, 5.41) is 9.39. The quantitative estimate of drug-likeness (QED) is 0.941. The fourth-order valence-corrected chi connectivity index (χ4v) is 3.09. The Labute approximate surface area is 119 Å². The minimum Gasteiger partial charge on any atom is -0.391 e. The van der Waals surface area contributed by atoms with Gasteiger partial charge in [-0.3, -0.25) is 0 Å². The number of aryl methyl sites for hydroxylation is 1. The first kappa shape index (κ1) is 14.5. The molecule has 0 aliphatic rings. The van der Waals surface area contributed by atoms with Crippen molar-refractivity contribution in [3.05, 3.63) is 70.6 Å². The maximum Gasteiger partial charge on any atom is 0.205 e. The molecule has 20 heavy (non-hydrogen) atoms. The Morgan fingerprint density at radius 1 is 1.05 bits per heavy atom. The van der Waals surface area contributed by atoms with Gasteiger partial charge in [-0.1, -0.05) is 48.0 Å². The lowest BCUT2D eigenvalue weighted by Crippen LogP contribution is -2.08. The molecule has 0 saturated heterocycles. The van der Waals surface area contributed by atoms with Gasteiger partial charge in [-0.15, -0.1) is 0 Å². The first-order valence-corrected chi connectivity index (χ1v) is 7.70. The summed E-state index contributed by atoms with van der Waals surface area (Å²) in [5.41, 5.74) is 1.85. The predicted molar refractivity (Wildman–Crippen MR) is 79.9 cm³/mol. The van der Waals surface area contributed by atoms with E-state index in [1.165, 1.54) is 18.2 Å². The fourth-order valence-electron chi connectivity index (χ4n) is 1.81. The number of rotatable bonds is 4. The van der Waals surface area contributed by atoms with Crippen LogP contribution in [-0.4, -0.2) is 20.1 Å². The fraction of sp³-hybridized carbons (Fsp3) is 0.125. The molecule has 1 N–H and O–H groups in total. The summed E-state index contributed by atoms with van der Waals surface area (Å²) in [6.07, 6.45) is 1.50. The third kappa shape index (κ3) is 3.15. The predicted octanol–water partition coefficient (Wildman–Crippen LogP) is 2.80. The van der Waals surface area contributed by atoms with Crippen LogP contribution in [0.25, 0.3) is 6.08 Å². The molecule has 104 valence electrons. The van der Waals surface area contributed by atoms with Gasteiger partial charge >= 0.3 is 0 Å². The number of hydrogen-bond acceptors (Lipinski definition) is 3. The maximum atomic E-state index is 12.4. The van der Waals surface area contributed by atoms with E-state index >= 15 is 0 Å². The van der Waals surface area contributed by atoms with Crippen molar-refractivity contribution in [2.24, 2.45) is 0 Å². The standard InChI is InChI=1S/C16H16O3S/c1-13-7-9-14(10-8-13)11-16(12-17)20(18,19)15-5-3-2-4-6-15/h2-11,17H,12H2,1H3/b16-11+. The Morgan fingerprint density at radius 3 is 2.20 bits per heavy atom. The number of hydrogen-bond donors (Lipinski definition) is 1. The first-order chi connectivity index (χ1) is 9.54. The Kier molecular flexibility index (Phi) is 4.37. The summed E-state index contributed by atoms with van der Waals surface area (Å²) in [7, 11) is -3.65. The van der Waals surface area contributed by atoms with Crippen LogP contribution in [0.2, 0.25) is 0 Å². The van der Waals surface area contributed by atoms with E-state index in [1.807, 2.05) is 31.2 Å². The Bertz CT molecular complexity index is 699. The molecular weight excluding hydrogens is 272 g/mol. The molecule has 2 aromatic rings. The van der Waals surface area contributed by atoms with Crippen LogP contribution in [0.3, 0.4) is 0 Å². The summed E-state index contributed by atoms with van der Waals surface area (Å²) in [4.78, 5) is 0.181. The van der Waals surface area contributed by atoms with E-state index in [1.54, 1.807) is 18.2 Å². The molecule has 0 aliphatic carbocycles. The highest BCUT2D eigenvalue weighted by molar-refractivity contribution is 7.95. The zero-order valence-corrected chi connectivity index (χ0v) is 12.0. The lowest BCUT2D eigenvalue weighted by Gasteiger charge is -2.07. The molecule has 0 saturated carbocycles. The van der Waals surface area contributed by atoms with Gasteiger partial charge in [0.2, 0.25) is 9.84 Å². The molecule has 0 radical (unpaired) electrons. The van der Waals surface area contributed by atoms with Gasteiger partial charge in [0, 0.05) is 0 Å². The van der Waals surface area contributed by atoms with Crippen molar-refractivity contribution < 1.29 is 13.5 Å². The van der Waals surface area contributed by atoms with E-state index in [2.05, 4.69) is 0 Å². The van der Waals surface area contributed by atoms with Crippen LogP contribution >= 0.6 is 0 Å². The van der Waals surface area contributed by atoms with Crippen LogP contribution in [0.5, 0.6) is 0 Å². The summed E-state index contributed by atoms with van der Waals surface area (Å²) in [6.45, 7) is 1.44. The monoisotopic (exact) mass is 288 g/mol. The van der Waals surface area contributed by atoms with E-state index in [0.717, 1.165) is 11.1 Å². The molecule has 0 unspecified atom stereocenters. The van der Waals surface area contributed by atoms with Crippen molar-refractivity contribution in [1.82, 2.24) is 0 Å². The van der Waals surface area contributed by atoms with Crippen LogP contribution in [0.1, 0.15) is 11.1 Å². The largest absolute Gasteiger partial charge is 0.391 e. The summed E-state index contributed by atoms with van der Waals surface area (Å²) < 4.78 is 24.8. The lowest BCUT2D eigenvalue weighted by molar-refractivity contribution is 0.338. The minimum absolute atomic E-state index is 0.00690. The number of aliphatic hydroxyl groups is 1. The Morgan fingerprint density at radius 2 is 1.65 bits per heavy atom. The minimum atomic E-state index is -3.65. The van der Waals surface area contributed by atoms with Gasteiger partial charge in [-0.2, -0.15) is 0 Å². The normalized spacial score (nSPS) is 12.4. The number of sulfone groups is 1. The van der Waals surface area contributed by atoms with Crippen molar-refractivity contribution in [3.8, 4) is 0 Å². The highest BCUT2D eigenvalue weighted by atomic mass is 32.2. The zero-order valence-electron chi connectivity index (χ0n) is 11.2. The topological polar surface area (TPSA) is 54.4 Å². The average molecular weight is 288 g/mol. The Balaban J connectivity index is 2.44. The average Bonchev–Trinajstić information content (AvgIpc) is 2.47. The van der Waals surface area contributed by atoms with Gasteiger partial charge in [-0.25, -0.2) is 8.42 Å². The van der Waals surface area contributed by atoms with Gasteiger partial charge in [0.25, 0.3) is 0 Å². The van der Waals surface area contributed by atoms with Gasteiger partial charge in [0.05, 0.1) is 16.4 Å². The third-order valence-electron chi connectivity index (χ3n) is 2.96. The number of benzene rings is 2. The van der Waals surface area contributed by atoms with Gasteiger partial charge in [-0.05, 0) is 30.7 Å². The summed E-state index contributed by atoms with van der Waals surface area (Å²) in [6, 6.07) is 15.6. The van der Waals surface area contributed by atoms with Crippen molar-refractivity contribution in [2.45, 2.75) is 11.8 Å².